The quantitative estimate of drug-likeness (QED) is 0.786. The number of ether oxygens (including phenoxy) is 3. The summed E-state index contributed by atoms with van der Waals surface area (Å²) < 4.78 is 15.9. The second-order valence-corrected chi connectivity index (χ2v) is 5.65. The molecule has 0 radical (unpaired) electrons. The first-order chi connectivity index (χ1) is 10.5. The third-order valence-corrected chi connectivity index (χ3v) is 3.75. The molecule has 1 aromatic rings. The molecule has 0 amide bonds. The summed E-state index contributed by atoms with van der Waals surface area (Å²) >= 11 is 0. The van der Waals surface area contributed by atoms with Gasteiger partial charge in [0.2, 0.25) is 0 Å². The number of carbonyl (C=O) groups is 2. The van der Waals surface area contributed by atoms with E-state index in [1.807, 2.05) is 26.0 Å². The Kier molecular flexibility index (Phi) is 5.41. The normalized spacial score (nSPS) is 26.8. The predicted molar refractivity (Wildman–Crippen MR) is 80.7 cm³/mol. The van der Waals surface area contributed by atoms with Gasteiger partial charge in [-0.05, 0) is 38.0 Å². The summed E-state index contributed by atoms with van der Waals surface area (Å²) in [5.41, 5.74) is 0.819. The van der Waals surface area contributed by atoms with Crippen molar-refractivity contribution in [2.24, 2.45) is 0 Å². The fourth-order valence-corrected chi connectivity index (χ4v) is 2.65. The van der Waals surface area contributed by atoms with Crippen LogP contribution in [0, 0.1) is 0 Å². The Morgan fingerprint density at radius 3 is 2.32 bits per heavy atom. The summed E-state index contributed by atoms with van der Waals surface area (Å²) in [6.45, 7) is 3.62. The van der Waals surface area contributed by atoms with Crippen molar-refractivity contribution in [1.82, 2.24) is 0 Å². The average Bonchev–Trinajstić information content (AvgIpc) is 2.46. The van der Waals surface area contributed by atoms with Crippen LogP contribution in [0.5, 0.6) is 5.75 Å². The molecule has 1 heterocycles. The molecule has 0 spiro atoms. The Hall–Kier alpha value is -2.04. The molecule has 0 aromatic heterocycles. The molecule has 3 atom stereocenters. The van der Waals surface area contributed by atoms with E-state index in [-0.39, 0.29) is 30.6 Å². The maximum atomic E-state index is 12.4. The monoisotopic (exact) mass is 306 g/mol. The van der Waals surface area contributed by atoms with Gasteiger partial charge in [-0.3, -0.25) is 9.59 Å². The lowest BCUT2D eigenvalue weighted by Gasteiger charge is -2.24. The summed E-state index contributed by atoms with van der Waals surface area (Å²) in [4.78, 5) is 24.2. The summed E-state index contributed by atoms with van der Waals surface area (Å²) in [7, 11) is 1.59. The zero-order chi connectivity index (χ0) is 16.1. The van der Waals surface area contributed by atoms with E-state index < -0.39 is 5.92 Å². The van der Waals surface area contributed by atoms with Crippen molar-refractivity contribution in [3.8, 4) is 5.75 Å². The van der Waals surface area contributed by atoms with Crippen LogP contribution < -0.4 is 4.74 Å². The van der Waals surface area contributed by atoms with Gasteiger partial charge in [0.25, 0.3) is 0 Å². The first kappa shape index (κ1) is 16.3. The van der Waals surface area contributed by atoms with Crippen LogP contribution in [0.4, 0.5) is 0 Å². The largest absolute Gasteiger partial charge is 0.497 e. The van der Waals surface area contributed by atoms with E-state index in [2.05, 4.69) is 0 Å². The van der Waals surface area contributed by atoms with Gasteiger partial charge in [-0.1, -0.05) is 12.1 Å². The van der Waals surface area contributed by atoms with Crippen molar-refractivity contribution in [3.63, 3.8) is 0 Å². The summed E-state index contributed by atoms with van der Waals surface area (Å²) in [5, 5.41) is 0. The fraction of sp³-hybridized carbons (Fsp3) is 0.529. The average molecular weight is 306 g/mol. The lowest BCUT2D eigenvalue weighted by atomic mass is 9.94. The van der Waals surface area contributed by atoms with Crippen molar-refractivity contribution < 1.29 is 23.8 Å². The number of rotatable bonds is 2. The Morgan fingerprint density at radius 2 is 1.68 bits per heavy atom. The number of benzene rings is 1. The summed E-state index contributed by atoms with van der Waals surface area (Å²) in [6, 6.07) is 7.25. The molecule has 1 saturated heterocycles. The van der Waals surface area contributed by atoms with Crippen LogP contribution in [0.15, 0.2) is 24.3 Å². The Balaban J connectivity index is 2.19. The van der Waals surface area contributed by atoms with Crippen molar-refractivity contribution in [1.29, 1.82) is 0 Å². The highest BCUT2D eigenvalue weighted by Gasteiger charge is 2.28. The minimum absolute atomic E-state index is 0.199. The van der Waals surface area contributed by atoms with E-state index in [4.69, 9.17) is 14.2 Å². The molecule has 0 bridgehead atoms. The molecule has 0 N–H and O–H groups in total. The Labute approximate surface area is 130 Å². The molecular weight excluding hydrogens is 284 g/mol. The van der Waals surface area contributed by atoms with Crippen LogP contribution in [0.3, 0.4) is 0 Å². The molecule has 1 fully saturated rings. The predicted octanol–water partition coefficient (Wildman–Crippen LogP) is 2.83. The highest BCUT2D eigenvalue weighted by atomic mass is 16.6. The molecular formula is C17H22O5. The Bertz CT molecular complexity index is 522. The van der Waals surface area contributed by atoms with E-state index in [1.54, 1.807) is 19.2 Å². The summed E-state index contributed by atoms with van der Waals surface area (Å²) in [6.07, 6.45) is 0.558. The van der Waals surface area contributed by atoms with Gasteiger partial charge in [0, 0.05) is 12.8 Å². The van der Waals surface area contributed by atoms with Crippen LogP contribution >= 0.6 is 0 Å². The highest BCUT2D eigenvalue weighted by molar-refractivity contribution is 5.79. The maximum Gasteiger partial charge on any atom is 0.313 e. The van der Waals surface area contributed by atoms with Crippen LogP contribution in [0.1, 0.15) is 44.6 Å². The van der Waals surface area contributed by atoms with Gasteiger partial charge in [0.15, 0.2) is 0 Å². The molecule has 2 rings (SSSR count). The van der Waals surface area contributed by atoms with Crippen molar-refractivity contribution in [3.05, 3.63) is 29.8 Å². The molecule has 0 aliphatic carbocycles. The van der Waals surface area contributed by atoms with Crippen molar-refractivity contribution >= 4 is 11.9 Å². The number of hydrogen-bond acceptors (Lipinski definition) is 5. The second kappa shape index (κ2) is 7.29. The molecule has 5 heteroatoms. The van der Waals surface area contributed by atoms with E-state index in [1.165, 1.54) is 0 Å². The second-order valence-electron chi connectivity index (χ2n) is 5.65. The number of cyclic esters (lactones) is 2. The first-order valence-corrected chi connectivity index (χ1v) is 7.53. The van der Waals surface area contributed by atoms with Crippen molar-refractivity contribution in [2.75, 3.05) is 7.11 Å². The van der Waals surface area contributed by atoms with Gasteiger partial charge in [-0.15, -0.1) is 0 Å². The minimum atomic E-state index is -0.464. The van der Waals surface area contributed by atoms with Crippen LogP contribution in [0.25, 0.3) is 0 Å². The zero-order valence-electron chi connectivity index (χ0n) is 13.2. The first-order valence-electron chi connectivity index (χ1n) is 7.53. The lowest BCUT2D eigenvalue weighted by molar-refractivity contribution is -0.158. The van der Waals surface area contributed by atoms with Crippen molar-refractivity contribution in [2.45, 2.75) is 51.2 Å². The third kappa shape index (κ3) is 4.23. The fourth-order valence-electron chi connectivity index (χ4n) is 2.65. The number of esters is 2. The molecule has 1 aliphatic heterocycles. The minimum Gasteiger partial charge on any atom is -0.497 e. The van der Waals surface area contributed by atoms with Gasteiger partial charge in [0.1, 0.15) is 18.0 Å². The topological polar surface area (TPSA) is 61.8 Å². The molecule has 1 aromatic carbocycles. The van der Waals surface area contributed by atoms with Gasteiger partial charge in [-0.25, -0.2) is 0 Å². The number of methoxy groups -OCH3 is 1. The van der Waals surface area contributed by atoms with Gasteiger partial charge >= 0.3 is 11.9 Å². The Morgan fingerprint density at radius 1 is 1.05 bits per heavy atom. The number of hydrogen-bond donors (Lipinski definition) is 0. The molecule has 5 nitrogen and oxygen atoms in total. The standard InChI is InChI=1S/C17H22O5/c1-11-10-12(2)22-17(19)15(8-9-16(18)21-11)13-4-6-14(20-3)7-5-13/h4-7,11-12,15H,8-10H2,1-3H3/t11-,12+,15-/m1/s1. The molecule has 120 valence electrons. The lowest BCUT2D eigenvalue weighted by Crippen LogP contribution is -2.28. The van der Waals surface area contributed by atoms with Gasteiger partial charge in [-0.2, -0.15) is 0 Å². The van der Waals surface area contributed by atoms with Gasteiger partial charge in [0.05, 0.1) is 13.0 Å². The van der Waals surface area contributed by atoms with E-state index in [9.17, 15) is 9.59 Å². The smallest absolute Gasteiger partial charge is 0.313 e. The zero-order valence-corrected chi connectivity index (χ0v) is 13.2. The molecule has 1 aliphatic rings. The van der Waals surface area contributed by atoms with Crippen LogP contribution in [0.2, 0.25) is 0 Å². The molecule has 0 unspecified atom stereocenters. The van der Waals surface area contributed by atoms with Crippen LogP contribution in [-0.2, 0) is 19.1 Å². The third-order valence-electron chi connectivity index (χ3n) is 3.75. The van der Waals surface area contributed by atoms with Gasteiger partial charge < -0.3 is 14.2 Å². The highest BCUT2D eigenvalue weighted by Crippen LogP contribution is 2.27. The van der Waals surface area contributed by atoms with E-state index in [0.717, 1.165) is 11.3 Å². The van der Waals surface area contributed by atoms with E-state index in [0.29, 0.717) is 12.8 Å². The van der Waals surface area contributed by atoms with Crippen LogP contribution in [-0.4, -0.2) is 31.3 Å². The SMILES string of the molecule is COc1ccc([C@H]2CCC(=O)O[C@H](C)C[C@H](C)OC2=O)cc1. The molecule has 22 heavy (non-hydrogen) atoms. The molecule has 0 saturated carbocycles. The number of carbonyl (C=O) groups excluding carboxylic acids is 2. The maximum absolute atomic E-state index is 12.4. The summed E-state index contributed by atoms with van der Waals surface area (Å²) in [5.74, 6) is -0.305. The van der Waals surface area contributed by atoms with E-state index >= 15 is 0 Å².